The van der Waals surface area contributed by atoms with Gasteiger partial charge in [0.15, 0.2) is 0 Å². The molecular weight excluding hydrogens is 510 g/mol. The number of nitrogens with one attached hydrogen (secondary N) is 2. The van der Waals surface area contributed by atoms with Crippen molar-refractivity contribution in [1.29, 1.82) is 0 Å². The summed E-state index contributed by atoms with van der Waals surface area (Å²) in [6.45, 7) is 10.9. The van der Waals surface area contributed by atoms with Crippen LogP contribution in [-0.4, -0.2) is 40.3 Å². The van der Waals surface area contributed by atoms with Crippen LogP contribution in [0.4, 0.5) is 23.2 Å². The van der Waals surface area contributed by atoms with Gasteiger partial charge in [-0.3, -0.25) is 19.2 Å². The molecule has 2 amide bonds. The molecule has 0 spiro atoms. The molecule has 0 atom stereocenters. The third-order valence-corrected chi connectivity index (χ3v) is 5.74. The van der Waals surface area contributed by atoms with Gasteiger partial charge in [0.2, 0.25) is 0 Å². The standard InChI is InChI=1S/C26H31F4N3O5/c1-13-18(20(34)22(36)32-25(6,7)12-38-23(37)24(3,4)5)14(2)33(8)19(13)21(35)31-15-9-10-17(27)16(11-15)26(28,29)30/h9-11H,12H2,1-8H3,(H,31,35)(H,32,36). The number of rotatable bonds is 7. The van der Waals surface area contributed by atoms with E-state index in [0.717, 1.165) is 6.07 Å². The minimum atomic E-state index is -4.96. The number of hydrogen-bond acceptors (Lipinski definition) is 5. The number of halogens is 4. The molecule has 2 aromatic rings. The summed E-state index contributed by atoms with van der Waals surface area (Å²) < 4.78 is 59.3. The largest absolute Gasteiger partial charge is 0.463 e. The number of Topliss-reactive ketones (excluding diaryl/α,β-unsaturated/α-hetero) is 1. The van der Waals surface area contributed by atoms with E-state index in [4.69, 9.17) is 4.74 Å². The van der Waals surface area contributed by atoms with Crippen LogP contribution in [0, 0.1) is 25.1 Å². The first-order valence-corrected chi connectivity index (χ1v) is 11.6. The molecule has 2 N–H and O–H groups in total. The second-order valence-corrected chi connectivity index (χ2v) is 10.6. The highest BCUT2D eigenvalue weighted by Crippen LogP contribution is 2.33. The van der Waals surface area contributed by atoms with Crippen molar-refractivity contribution in [2.24, 2.45) is 12.5 Å². The van der Waals surface area contributed by atoms with Gasteiger partial charge in [-0.1, -0.05) is 0 Å². The minimum absolute atomic E-state index is 0.0623. The number of hydrogen-bond donors (Lipinski definition) is 2. The summed E-state index contributed by atoms with van der Waals surface area (Å²) in [5.41, 5.74) is -3.45. The van der Waals surface area contributed by atoms with Gasteiger partial charge in [0.1, 0.15) is 18.1 Å². The molecule has 0 saturated carbocycles. The number of aromatic nitrogens is 1. The average molecular weight is 542 g/mol. The monoisotopic (exact) mass is 541 g/mol. The zero-order valence-electron chi connectivity index (χ0n) is 22.4. The summed E-state index contributed by atoms with van der Waals surface area (Å²) in [7, 11) is 1.45. The number of amides is 2. The zero-order chi connectivity index (χ0) is 29.4. The predicted octanol–water partition coefficient (Wildman–Crippen LogP) is 4.72. The highest BCUT2D eigenvalue weighted by atomic mass is 19.4. The predicted molar refractivity (Wildman–Crippen MR) is 131 cm³/mol. The van der Waals surface area contributed by atoms with Crippen molar-refractivity contribution >= 4 is 29.3 Å². The summed E-state index contributed by atoms with van der Waals surface area (Å²) in [6, 6.07) is 2.02. The summed E-state index contributed by atoms with van der Waals surface area (Å²) in [5, 5.41) is 4.80. The van der Waals surface area contributed by atoms with Crippen LogP contribution in [0.3, 0.4) is 0 Å². The Morgan fingerprint density at radius 3 is 2.11 bits per heavy atom. The van der Waals surface area contributed by atoms with E-state index in [1.165, 1.54) is 25.5 Å². The number of alkyl halides is 3. The van der Waals surface area contributed by atoms with Crippen molar-refractivity contribution in [2.45, 2.75) is 60.2 Å². The third kappa shape index (κ3) is 6.78. The molecule has 0 fully saturated rings. The van der Waals surface area contributed by atoms with E-state index in [0.29, 0.717) is 12.1 Å². The lowest BCUT2D eigenvalue weighted by molar-refractivity contribution is -0.155. The molecule has 1 aromatic heterocycles. The van der Waals surface area contributed by atoms with Gasteiger partial charge in [-0.2, -0.15) is 13.2 Å². The van der Waals surface area contributed by atoms with E-state index in [2.05, 4.69) is 10.6 Å². The molecule has 0 saturated heterocycles. The fraction of sp³-hybridized carbons (Fsp3) is 0.462. The van der Waals surface area contributed by atoms with Gasteiger partial charge in [-0.25, -0.2) is 4.39 Å². The molecule has 0 aliphatic rings. The Labute approximate surface area is 217 Å². The van der Waals surface area contributed by atoms with Crippen LogP contribution < -0.4 is 10.6 Å². The molecular formula is C26H31F4N3O5. The average Bonchev–Trinajstić information content (AvgIpc) is 2.99. The molecule has 12 heteroatoms. The lowest BCUT2D eigenvalue weighted by Gasteiger charge is -2.27. The molecule has 2 rings (SSSR count). The van der Waals surface area contributed by atoms with Gasteiger partial charge in [0.25, 0.3) is 17.6 Å². The highest BCUT2D eigenvalue weighted by molar-refractivity contribution is 6.43. The zero-order valence-corrected chi connectivity index (χ0v) is 22.4. The van der Waals surface area contributed by atoms with Gasteiger partial charge in [0, 0.05) is 18.4 Å². The fourth-order valence-electron chi connectivity index (χ4n) is 3.62. The van der Waals surface area contributed by atoms with Gasteiger partial charge in [0.05, 0.1) is 22.1 Å². The lowest BCUT2D eigenvalue weighted by Crippen LogP contribution is -2.50. The Balaban J connectivity index is 2.27. The highest BCUT2D eigenvalue weighted by Gasteiger charge is 2.35. The van der Waals surface area contributed by atoms with Crippen LogP contribution in [0.25, 0.3) is 0 Å². The molecule has 0 unspecified atom stereocenters. The molecule has 0 aliphatic carbocycles. The first-order valence-electron chi connectivity index (χ1n) is 11.6. The summed E-state index contributed by atoms with van der Waals surface area (Å²) in [5.74, 6) is -4.79. The molecule has 8 nitrogen and oxygen atoms in total. The number of ketones is 1. The number of carbonyl (C=O) groups is 4. The van der Waals surface area contributed by atoms with Gasteiger partial charge >= 0.3 is 12.1 Å². The topological polar surface area (TPSA) is 106 Å². The Bertz CT molecular complexity index is 1290. The number of carbonyl (C=O) groups excluding carboxylic acids is 4. The quantitative estimate of drug-likeness (QED) is 0.228. The van der Waals surface area contributed by atoms with E-state index < -0.39 is 52.1 Å². The number of benzene rings is 1. The SMILES string of the molecule is Cc1c(C(=O)C(=O)NC(C)(C)COC(=O)C(C)(C)C)c(C)n(C)c1C(=O)Nc1ccc(F)c(C(F)(F)F)c1. The number of ether oxygens (including phenoxy) is 1. The number of anilines is 1. The fourth-order valence-corrected chi connectivity index (χ4v) is 3.62. The first kappa shape index (κ1) is 30.5. The van der Waals surface area contributed by atoms with Crippen molar-refractivity contribution in [3.8, 4) is 0 Å². The summed E-state index contributed by atoms with van der Waals surface area (Å²) in [6.07, 6.45) is -4.96. The van der Waals surface area contributed by atoms with E-state index in [1.54, 1.807) is 34.6 Å². The Kier molecular flexibility index (Phi) is 8.50. The van der Waals surface area contributed by atoms with Crippen LogP contribution in [0.1, 0.15) is 72.3 Å². The maximum Gasteiger partial charge on any atom is 0.419 e. The van der Waals surface area contributed by atoms with Crippen molar-refractivity contribution in [3.05, 3.63) is 52.1 Å². The lowest BCUT2D eigenvalue weighted by atomic mass is 9.97. The van der Waals surface area contributed by atoms with E-state index in [9.17, 15) is 36.7 Å². The van der Waals surface area contributed by atoms with Crippen LogP contribution in [-0.2, 0) is 27.5 Å². The molecule has 208 valence electrons. The third-order valence-electron chi connectivity index (χ3n) is 5.74. The maximum atomic E-state index is 13.6. The maximum absolute atomic E-state index is 13.6. The second-order valence-electron chi connectivity index (χ2n) is 10.6. The van der Waals surface area contributed by atoms with E-state index in [1.807, 2.05) is 0 Å². The van der Waals surface area contributed by atoms with Crippen LogP contribution >= 0.6 is 0 Å². The van der Waals surface area contributed by atoms with Crippen LogP contribution in [0.2, 0.25) is 0 Å². The molecule has 1 heterocycles. The molecule has 0 aliphatic heterocycles. The first-order chi connectivity index (χ1) is 17.2. The van der Waals surface area contributed by atoms with Gasteiger partial charge in [-0.15, -0.1) is 0 Å². The molecule has 38 heavy (non-hydrogen) atoms. The summed E-state index contributed by atoms with van der Waals surface area (Å²) in [4.78, 5) is 50.9. The van der Waals surface area contributed by atoms with Gasteiger partial charge in [-0.05, 0) is 72.2 Å². The second kappa shape index (κ2) is 10.6. The van der Waals surface area contributed by atoms with Crippen LogP contribution in [0.15, 0.2) is 18.2 Å². The molecule has 0 bridgehead atoms. The van der Waals surface area contributed by atoms with Crippen molar-refractivity contribution in [1.82, 2.24) is 9.88 Å². The summed E-state index contributed by atoms with van der Waals surface area (Å²) >= 11 is 0. The Hall–Kier alpha value is -3.70. The number of esters is 1. The Morgan fingerprint density at radius 1 is 1.00 bits per heavy atom. The van der Waals surface area contributed by atoms with Crippen LogP contribution in [0.5, 0.6) is 0 Å². The molecule has 0 radical (unpaired) electrons. The van der Waals surface area contributed by atoms with E-state index >= 15 is 0 Å². The molecule has 1 aromatic carbocycles. The van der Waals surface area contributed by atoms with Gasteiger partial charge < -0.3 is 19.9 Å². The smallest absolute Gasteiger partial charge is 0.419 e. The van der Waals surface area contributed by atoms with E-state index in [-0.39, 0.29) is 34.8 Å². The minimum Gasteiger partial charge on any atom is -0.463 e. The normalized spacial score (nSPS) is 12.2. The Morgan fingerprint density at radius 2 is 1.58 bits per heavy atom. The number of nitrogens with zero attached hydrogens (tertiary/aromatic N) is 1. The van der Waals surface area contributed by atoms with Crippen molar-refractivity contribution in [3.63, 3.8) is 0 Å². The van der Waals surface area contributed by atoms with Crippen molar-refractivity contribution < 1.29 is 41.5 Å². The van der Waals surface area contributed by atoms with Crippen molar-refractivity contribution in [2.75, 3.05) is 11.9 Å².